The number of hydrogen-bond acceptors (Lipinski definition) is 2. The molecule has 1 aliphatic rings. The summed E-state index contributed by atoms with van der Waals surface area (Å²) in [4.78, 5) is 12.5. The van der Waals surface area contributed by atoms with Gasteiger partial charge in [0.05, 0.1) is 6.54 Å². The van der Waals surface area contributed by atoms with Crippen molar-refractivity contribution < 1.29 is 4.79 Å². The first-order chi connectivity index (χ1) is 10.2. The molecule has 1 aliphatic carbocycles. The summed E-state index contributed by atoms with van der Waals surface area (Å²) in [7, 11) is 0. The molecular weight excluding hydrogens is 260 g/mol. The van der Waals surface area contributed by atoms with Crippen LogP contribution in [-0.4, -0.2) is 18.5 Å². The number of benzene rings is 1. The lowest BCUT2D eigenvalue weighted by Crippen LogP contribution is -2.34. The van der Waals surface area contributed by atoms with E-state index in [0.717, 1.165) is 29.5 Å². The third-order valence-corrected chi connectivity index (χ3v) is 4.01. The number of rotatable bonds is 2. The van der Waals surface area contributed by atoms with Crippen molar-refractivity contribution in [2.75, 3.05) is 6.54 Å². The predicted molar refractivity (Wildman–Crippen MR) is 86.1 cm³/mol. The van der Waals surface area contributed by atoms with E-state index in [-0.39, 0.29) is 5.91 Å². The second-order valence-electron chi connectivity index (χ2n) is 5.70. The number of carbonyl (C=O) groups excluding carboxylic acids is 1. The molecule has 1 amide bonds. The molecule has 0 atom stereocenters. The van der Waals surface area contributed by atoms with Crippen LogP contribution in [0.1, 0.15) is 60.0 Å². The molecule has 0 unspecified atom stereocenters. The number of nitrogens with two attached hydrogens (primary N) is 1. The summed E-state index contributed by atoms with van der Waals surface area (Å²) in [6.07, 6.45) is 7.19. The highest BCUT2D eigenvalue weighted by molar-refractivity contribution is 5.96. The van der Waals surface area contributed by atoms with E-state index in [1.54, 1.807) is 0 Å². The monoisotopic (exact) mass is 284 g/mol. The fraction of sp³-hybridized carbons (Fsp3) is 0.500. The third kappa shape index (κ3) is 4.61. The molecule has 0 spiro atoms. The van der Waals surface area contributed by atoms with Crippen LogP contribution in [0, 0.1) is 18.8 Å². The maximum absolute atomic E-state index is 12.5. The fourth-order valence-electron chi connectivity index (χ4n) is 2.78. The topological polar surface area (TPSA) is 55.1 Å². The van der Waals surface area contributed by atoms with Gasteiger partial charge in [-0.05, 0) is 37.5 Å². The molecule has 1 aromatic carbocycles. The molecule has 0 bridgehead atoms. The van der Waals surface area contributed by atoms with Crippen LogP contribution >= 0.6 is 0 Å². The first-order valence-corrected chi connectivity index (χ1v) is 7.81. The van der Waals surface area contributed by atoms with Crippen molar-refractivity contribution in [3.8, 4) is 11.8 Å². The van der Waals surface area contributed by atoms with E-state index >= 15 is 0 Å². The van der Waals surface area contributed by atoms with Gasteiger partial charge in [0, 0.05) is 17.2 Å². The summed E-state index contributed by atoms with van der Waals surface area (Å²) in [5.41, 5.74) is 7.94. The van der Waals surface area contributed by atoms with Gasteiger partial charge in [0.2, 0.25) is 0 Å². The van der Waals surface area contributed by atoms with E-state index in [4.69, 9.17) is 5.73 Å². The molecular formula is C18H24N2O. The predicted octanol–water partition coefficient (Wildman–Crippen LogP) is 2.76. The lowest BCUT2D eigenvalue weighted by molar-refractivity contribution is 0.0932. The van der Waals surface area contributed by atoms with E-state index in [0.29, 0.717) is 12.6 Å². The number of aryl methyl sites for hydroxylation is 1. The number of amides is 1. The van der Waals surface area contributed by atoms with Crippen molar-refractivity contribution in [3.05, 3.63) is 34.9 Å². The minimum absolute atomic E-state index is 0.0239. The Morgan fingerprint density at radius 1 is 1.29 bits per heavy atom. The molecule has 21 heavy (non-hydrogen) atoms. The average Bonchev–Trinajstić information content (AvgIpc) is 2.75. The Labute approximate surface area is 127 Å². The van der Waals surface area contributed by atoms with Gasteiger partial charge in [0.25, 0.3) is 5.91 Å². The molecule has 1 fully saturated rings. The van der Waals surface area contributed by atoms with Crippen molar-refractivity contribution in [3.63, 3.8) is 0 Å². The molecule has 0 aromatic heterocycles. The quantitative estimate of drug-likeness (QED) is 0.648. The molecule has 0 saturated heterocycles. The molecule has 0 aliphatic heterocycles. The summed E-state index contributed by atoms with van der Waals surface area (Å²) in [6.45, 7) is 2.29. The Balaban J connectivity index is 2.10. The van der Waals surface area contributed by atoms with Crippen LogP contribution in [-0.2, 0) is 0 Å². The van der Waals surface area contributed by atoms with Crippen LogP contribution in [0.15, 0.2) is 18.2 Å². The SMILES string of the molecule is Cc1ccc(C#CCN)cc1C(=O)NC1CCCCCC1. The highest BCUT2D eigenvalue weighted by Gasteiger charge is 2.17. The molecule has 2 rings (SSSR count). The van der Waals surface area contributed by atoms with Gasteiger partial charge in [-0.25, -0.2) is 0 Å². The molecule has 3 heteroatoms. The van der Waals surface area contributed by atoms with Crippen LogP contribution in [0.2, 0.25) is 0 Å². The Kier molecular flexibility index (Phi) is 5.83. The highest BCUT2D eigenvalue weighted by Crippen LogP contribution is 2.18. The zero-order valence-corrected chi connectivity index (χ0v) is 12.7. The minimum atomic E-state index is 0.0239. The number of nitrogens with one attached hydrogen (secondary N) is 1. The summed E-state index contributed by atoms with van der Waals surface area (Å²) >= 11 is 0. The average molecular weight is 284 g/mol. The smallest absolute Gasteiger partial charge is 0.251 e. The molecule has 0 heterocycles. The van der Waals surface area contributed by atoms with Gasteiger partial charge >= 0.3 is 0 Å². The van der Waals surface area contributed by atoms with Crippen molar-refractivity contribution in [2.24, 2.45) is 5.73 Å². The molecule has 3 nitrogen and oxygen atoms in total. The zero-order valence-electron chi connectivity index (χ0n) is 12.7. The molecule has 3 N–H and O–H groups in total. The zero-order chi connectivity index (χ0) is 15.1. The lowest BCUT2D eigenvalue weighted by Gasteiger charge is -2.17. The molecule has 1 saturated carbocycles. The van der Waals surface area contributed by atoms with Gasteiger partial charge in [0.15, 0.2) is 0 Å². The van der Waals surface area contributed by atoms with Crippen LogP contribution in [0.25, 0.3) is 0 Å². The minimum Gasteiger partial charge on any atom is -0.349 e. The normalized spacial score (nSPS) is 15.7. The first kappa shape index (κ1) is 15.6. The first-order valence-electron chi connectivity index (χ1n) is 7.81. The van der Waals surface area contributed by atoms with Crippen LogP contribution in [0.4, 0.5) is 0 Å². The van der Waals surface area contributed by atoms with Crippen LogP contribution in [0.5, 0.6) is 0 Å². The van der Waals surface area contributed by atoms with Gasteiger partial charge < -0.3 is 11.1 Å². The summed E-state index contributed by atoms with van der Waals surface area (Å²) < 4.78 is 0. The second-order valence-corrected chi connectivity index (χ2v) is 5.70. The van der Waals surface area contributed by atoms with E-state index in [9.17, 15) is 4.79 Å². The van der Waals surface area contributed by atoms with Gasteiger partial charge in [-0.3, -0.25) is 4.79 Å². The largest absolute Gasteiger partial charge is 0.349 e. The second kappa shape index (κ2) is 7.85. The Bertz CT molecular complexity index is 546. The molecule has 0 radical (unpaired) electrons. The van der Waals surface area contributed by atoms with E-state index in [2.05, 4.69) is 17.2 Å². The number of carbonyl (C=O) groups is 1. The molecule has 1 aromatic rings. The summed E-state index contributed by atoms with van der Waals surface area (Å²) in [5.74, 6) is 5.84. The Morgan fingerprint density at radius 3 is 2.67 bits per heavy atom. The number of hydrogen-bond donors (Lipinski definition) is 2. The lowest BCUT2D eigenvalue weighted by atomic mass is 10.0. The maximum atomic E-state index is 12.5. The van der Waals surface area contributed by atoms with Gasteiger partial charge in [0.1, 0.15) is 0 Å². The Morgan fingerprint density at radius 2 is 2.00 bits per heavy atom. The van der Waals surface area contributed by atoms with E-state index < -0.39 is 0 Å². The van der Waals surface area contributed by atoms with Gasteiger partial charge in [-0.1, -0.05) is 43.6 Å². The van der Waals surface area contributed by atoms with E-state index in [1.165, 1.54) is 25.7 Å². The Hall–Kier alpha value is -1.79. The molecule has 112 valence electrons. The summed E-state index contributed by atoms with van der Waals surface area (Å²) in [5, 5.41) is 3.19. The van der Waals surface area contributed by atoms with Crippen LogP contribution in [0.3, 0.4) is 0 Å². The fourth-order valence-corrected chi connectivity index (χ4v) is 2.78. The van der Waals surface area contributed by atoms with Crippen molar-refractivity contribution in [1.29, 1.82) is 0 Å². The maximum Gasteiger partial charge on any atom is 0.251 e. The van der Waals surface area contributed by atoms with Gasteiger partial charge in [-0.2, -0.15) is 0 Å². The third-order valence-electron chi connectivity index (χ3n) is 4.01. The highest BCUT2D eigenvalue weighted by atomic mass is 16.1. The van der Waals surface area contributed by atoms with Crippen LogP contribution < -0.4 is 11.1 Å². The van der Waals surface area contributed by atoms with E-state index in [1.807, 2.05) is 25.1 Å². The summed E-state index contributed by atoms with van der Waals surface area (Å²) in [6, 6.07) is 6.06. The van der Waals surface area contributed by atoms with Gasteiger partial charge in [-0.15, -0.1) is 0 Å². The standard InChI is InChI=1S/C18H24N2O/c1-14-10-11-15(7-6-12-19)13-17(14)18(21)20-16-8-4-2-3-5-9-16/h10-11,13,16H,2-5,8-9,12,19H2,1H3,(H,20,21). The van der Waals surface area contributed by atoms with Crippen molar-refractivity contribution in [2.45, 2.75) is 51.5 Å². The van der Waals surface area contributed by atoms with Crippen molar-refractivity contribution in [1.82, 2.24) is 5.32 Å². The van der Waals surface area contributed by atoms with Crippen molar-refractivity contribution >= 4 is 5.91 Å².